The molecule has 1 N–H and O–H groups in total. The first-order valence-electron chi connectivity index (χ1n) is 10.1. The molecular formula is C24H20ClF2N3O4. The van der Waals surface area contributed by atoms with E-state index in [1.165, 1.54) is 25.4 Å². The van der Waals surface area contributed by atoms with Gasteiger partial charge in [-0.3, -0.25) is 4.79 Å². The van der Waals surface area contributed by atoms with Crippen LogP contribution in [0.15, 0.2) is 66.0 Å². The summed E-state index contributed by atoms with van der Waals surface area (Å²) < 4.78 is 41.8. The number of aryl methyl sites for hydroxylation is 1. The van der Waals surface area contributed by atoms with Gasteiger partial charge < -0.3 is 23.7 Å². The van der Waals surface area contributed by atoms with Gasteiger partial charge in [0.25, 0.3) is 5.56 Å². The highest BCUT2D eigenvalue weighted by Gasteiger charge is 2.21. The molecule has 0 aliphatic carbocycles. The molecule has 4 aromatic rings. The van der Waals surface area contributed by atoms with Crippen molar-refractivity contribution in [3.05, 3.63) is 99.5 Å². The number of methoxy groups -OCH3 is 1. The standard InChI is InChI=1S/C24H20ClF2N3O4/c1-14-10-29(13-28-14)20-6-4-17(9-22(20)33-2)34-23-7-15(25)11-30(24(23)32)21(12-31)18-5-3-16(26)8-19(18)27/h3-11,13,21,31H,12H2,1-2H3/t21-/m0/s1. The highest BCUT2D eigenvalue weighted by molar-refractivity contribution is 6.30. The van der Waals surface area contributed by atoms with Crippen LogP contribution in [-0.2, 0) is 0 Å². The van der Waals surface area contributed by atoms with Crippen molar-refractivity contribution in [3.8, 4) is 22.9 Å². The van der Waals surface area contributed by atoms with Gasteiger partial charge in [0.2, 0.25) is 0 Å². The van der Waals surface area contributed by atoms with Gasteiger partial charge in [-0.1, -0.05) is 17.7 Å². The SMILES string of the molecule is COc1cc(Oc2cc(Cl)cn([C@@H](CO)c3ccc(F)cc3F)c2=O)ccc1-n1cnc(C)c1. The van der Waals surface area contributed by atoms with E-state index in [1.54, 1.807) is 29.1 Å². The summed E-state index contributed by atoms with van der Waals surface area (Å²) in [7, 11) is 1.50. The Hall–Kier alpha value is -3.69. The van der Waals surface area contributed by atoms with E-state index in [2.05, 4.69) is 4.98 Å². The first-order valence-corrected chi connectivity index (χ1v) is 10.5. The van der Waals surface area contributed by atoms with E-state index in [0.29, 0.717) is 17.5 Å². The minimum Gasteiger partial charge on any atom is -0.494 e. The van der Waals surface area contributed by atoms with Crippen LogP contribution >= 0.6 is 11.6 Å². The summed E-state index contributed by atoms with van der Waals surface area (Å²) in [6, 6.07) is 8.04. The third kappa shape index (κ3) is 4.66. The summed E-state index contributed by atoms with van der Waals surface area (Å²) in [6.07, 6.45) is 4.73. The molecule has 7 nitrogen and oxygen atoms in total. The summed E-state index contributed by atoms with van der Waals surface area (Å²) in [5, 5.41) is 10.0. The maximum Gasteiger partial charge on any atom is 0.294 e. The lowest BCUT2D eigenvalue weighted by Gasteiger charge is -2.20. The first-order chi connectivity index (χ1) is 16.3. The third-order valence-corrected chi connectivity index (χ3v) is 5.38. The maximum absolute atomic E-state index is 14.4. The summed E-state index contributed by atoms with van der Waals surface area (Å²) >= 11 is 6.20. The molecule has 2 heterocycles. The van der Waals surface area contributed by atoms with Crippen LogP contribution in [0.3, 0.4) is 0 Å². The van der Waals surface area contributed by atoms with Gasteiger partial charge in [0, 0.05) is 36.2 Å². The molecule has 10 heteroatoms. The maximum atomic E-state index is 14.4. The summed E-state index contributed by atoms with van der Waals surface area (Å²) in [6.45, 7) is 1.23. The molecule has 0 bridgehead atoms. The lowest BCUT2D eigenvalue weighted by atomic mass is 10.1. The van der Waals surface area contributed by atoms with Gasteiger partial charge in [-0.25, -0.2) is 13.8 Å². The lowest BCUT2D eigenvalue weighted by molar-refractivity contribution is 0.243. The molecule has 2 aromatic heterocycles. The zero-order valence-electron chi connectivity index (χ0n) is 18.2. The van der Waals surface area contributed by atoms with E-state index in [9.17, 15) is 18.7 Å². The van der Waals surface area contributed by atoms with Crippen molar-refractivity contribution in [3.63, 3.8) is 0 Å². The smallest absolute Gasteiger partial charge is 0.294 e. The van der Waals surface area contributed by atoms with Crippen LogP contribution in [0.5, 0.6) is 17.2 Å². The molecule has 0 spiro atoms. The van der Waals surface area contributed by atoms with Crippen molar-refractivity contribution in [2.45, 2.75) is 13.0 Å². The minimum absolute atomic E-state index is 0.0686. The Bertz CT molecular complexity index is 1400. The number of aliphatic hydroxyl groups is 1. The molecule has 0 aliphatic heterocycles. The van der Waals surface area contributed by atoms with Crippen LogP contribution in [0.4, 0.5) is 8.78 Å². The quantitative estimate of drug-likeness (QED) is 0.410. The van der Waals surface area contributed by atoms with Crippen LogP contribution in [0.2, 0.25) is 5.02 Å². The van der Waals surface area contributed by atoms with Crippen LogP contribution in [0, 0.1) is 18.6 Å². The average Bonchev–Trinajstić information content (AvgIpc) is 3.24. The second kappa shape index (κ2) is 9.66. The Morgan fingerprint density at radius 1 is 1.12 bits per heavy atom. The molecule has 176 valence electrons. The van der Waals surface area contributed by atoms with E-state index >= 15 is 0 Å². The van der Waals surface area contributed by atoms with Gasteiger partial charge in [-0.2, -0.15) is 0 Å². The van der Waals surface area contributed by atoms with E-state index in [1.807, 2.05) is 13.1 Å². The van der Waals surface area contributed by atoms with Gasteiger partial charge in [-0.15, -0.1) is 0 Å². The van der Waals surface area contributed by atoms with E-state index in [-0.39, 0.29) is 22.1 Å². The molecule has 0 saturated carbocycles. The summed E-state index contributed by atoms with van der Waals surface area (Å²) in [5.74, 6) is -1.07. The molecule has 0 amide bonds. The first kappa shape index (κ1) is 23.5. The van der Waals surface area contributed by atoms with E-state index in [0.717, 1.165) is 16.3 Å². The normalized spacial score (nSPS) is 11.9. The van der Waals surface area contributed by atoms with Crippen molar-refractivity contribution >= 4 is 11.6 Å². The van der Waals surface area contributed by atoms with Crippen LogP contribution in [0.25, 0.3) is 5.69 Å². The Kier molecular flexibility index (Phi) is 6.67. The van der Waals surface area contributed by atoms with Gasteiger partial charge in [0.05, 0.1) is 42.5 Å². The van der Waals surface area contributed by atoms with Crippen molar-refractivity contribution in [2.75, 3.05) is 13.7 Å². The zero-order valence-corrected chi connectivity index (χ0v) is 19.0. The predicted octanol–water partition coefficient (Wildman–Crippen LogP) is 4.66. The highest BCUT2D eigenvalue weighted by atomic mass is 35.5. The van der Waals surface area contributed by atoms with E-state index < -0.39 is 29.8 Å². The number of nitrogens with zero attached hydrogens (tertiary/aromatic N) is 3. The molecule has 34 heavy (non-hydrogen) atoms. The largest absolute Gasteiger partial charge is 0.494 e. The third-order valence-electron chi connectivity index (χ3n) is 5.18. The zero-order chi connectivity index (χ0) is 24.4. The Morgan fingerprint density at radius 3 is 2.56 bits per heavy atom. The topological polar surface area (TPSA) is 78.5 Å². The fourth-order valence-electron chi connectivity index (χ4n) is 3.57. The number of hydrogen-bond donors (Lipinski definition) is 1. The lowest BCUT2D eigenvalue weighted by Crippen LogP contribution is -2.28. The Labute approximate surface area is 198 Å². The average molecular weight is 488 g/mol. The van der Waals surface area contributed by atoms with Gasteiger partial charge >= 0.3 is 0 Å². The number of aromatic nitrogens is 3. The molecule has 4 rings (SSSR count). The number of aliphatic hydroxyl groups excluding tert-OH is 1. The van der Waals surface area contributed by atoms with E-state index in [4.69, 9.17) is 21.1 Å². The van der Waals surface area contributed by atoms with Crippen LogP contribution in [0.1, 0.15) is 17.3 Å². The molecular weight excluding hydrogens is 468 g/mol. The van der Waals surface area contributed by atoms with Gasteiger partial charge in [0.15, 0.2) is 5.75 Å². The molecule has 0 aliphatic rings. The second-order valence-corrected chi connectivity index (χ2v) is 7.89. The van der Waals surface area contributed by atoms with Crippen molar-refractivity contribution in [1.82, 2.24) is 14.1 Å². The number of ether oxygens (including phenoxy) is 2. The molecule has 0 unspecified atom stereocenters. The molecule has 0 fully saturated rings. The summed E-state index contributed by atoms with van der Waals surface area (Å²) in [4.78, 5) is 17.4. The highest BCUT2D eigenvalue weighted by Crippen LogP contribution is 2.31. The predicted molar refractivity (Wildman–Crippen MR) is 122 cm³/mol. The number of rotatable bonds is 7. The molecule has 2 aromatic carbocycles. The van der Waals surface area contributed by atoms with Crippen molar-refractivity contribution < 1.29 is 23.4 Å². The molecule has 0 radical (unpaired) electrons. The van der Waals surface area contributed by atoms with Gasteiger partial charge in [0.1, 0.15) is 23.1 Å². The number of benzene rings is 2. The number of halogens is 3. The molecule has 1 atom stereocenters. The van der Waals surface area contributed by atoms with Crippen molar-refractivity contribution in [1.29, 1.82) is 0 Å². The van der Waals surface area contributed by atoms with Crippen molar-refractivity contribution in [2.24, 2.45) is 0 Å². The monoisotopic (exact) mass is 487 g/mol. The second-order valence-electron chi connectivity index (χ2n) is 7.46. The van der Waals surface area contributed by atoms with Crippen LogP contribution in [-0.4, -0.2) is 32.9 Å². The number of imidazole rings is 1. The number of hydrogen-bond acceptors (Lipinski definition) is 5. The van der Waals surface area contributed by atoms with Crippen LogP contribution < -0.4 is 15.0 Å². The Morgan fingerprint density at radius 2 is 1.91 bits per heavy atom. The fourth-order valence-corrected chi connectivity index (χ4v) is 3.77. The Balaban J connectivity index is 1.72. The van der Waals surface area contributed by atoms with Gasteiger partial charge in [-0.05, 0) is 25.1 Å². The fraction of sp³-hybridized carbons (Fsp3) is 0.167. The molecule has 0 saturated heterocycles. The number of pyridine rings is 1. The summed E-state index contributed by atoms with van der Waals surface area (Å²) in [5.41, 5.74) is 0.810. The minimum atomic E-state index is -1.14.